The maximum atomic E-state index is 12.7. The fourth-order valence-electron chi connectivity index (χ4n) is 5.08. The molecule has 0 saturated carbocycles. The third-order valence-corrected chi connectivity index (χ3v) is 8.32. The molecule has 2 aromatic heterocycles. The number of piperazine rings is 1. The summed E-state index contributed by atoms with van der Waals surface area (Å²) in [6.45, 7) is 12.9. The smallest absolute Gasteiger partial charge is 0.241 e. The molecule has 0 bridgehead atoms. The van der Waals surface area contributed by atoms with Gasteiger partial charge in [-0.1, -0.05) is 12.1 Å². The van der Waals surface area contributed by atoms with E-state index in [4.69, 9.17) is 4.98 Å². The zero-order valence-corrected chi connectivity index (χ0v) is 24.0. The average molecular weight is 548 g/mol. The Bertz CT molecular complexity index is 1530. The molecule has 3 N–H and O–H groups in total. The van der Waals surface area contributed by atoms with Gasteiger partial charge in [0, 0.05) is 66.4 Å². The summed E-state index contributed by atoms with van der Waals surface area (Å²) in [6.07, 6.45) is 3.70. The van der Waals surface area contributed by atoms with Crippen LogP contribution in [0.3, 0.4) is 0 Å². The van der Waals surface area contributed by atoms with Crippen molar-refractivity contribution in [1.29, 1.82) is 0 Å². The number of hydrogen-bond acceptors (Lipinski definition) is 7. The van der Waals surface area contributed by atoms with Crippen molar-refractivity contribution in [3.63, 3.8) is 0 Å². The fourth-order valence-corrected chi connectivity index (χ4v) is 6.50. The summed E-state index contributed by atoms with van der Waals surface area (Å²) in [5.74, 6) is 0.494. The van der Waals surface area contributed by atoms with Crippen LogP contribution < -0.4 is 15.4 Å². The normalized spacial score (nSPS) is 18.9. The van der Waals surface area contributed by atoms with E-state index in [1.54, 1.807) is 30.5 Å². The Labute approximate surface area is 230 Å². The van der Waals surface area contributed by atoms with Crippen molar-refractivity contribution in [2.24, 2.45) is 0 Å². The van der Waals surface area contributed by atoms with Gasteiger partial charge in [-0.25, -0.2) is 18.1 Å². The number of nitrogens with one attached hydrogen (secondary N) is 3. The number of sulfonamides is 1. The zero-order valence-electron chi connectivity index (χ0n) is 23.1. The summed E-state index contributed by atoms with van der Waals surface area (Å²) < 4.78 is 30.0. The first-order valence-electron chi connectivity index (χ1n) is 13.3. The van der Waals surface area contributed by atoms with Crippen molar-refractivity contribution in [3.05, 3.63) is 72.6 Å². The number of anilines is 2. The van der Waals surface area contributed by atoms with Crippen molar-refractivity contribution >= 4 is 32.7 Å². The van der Waals surface area contributed by atoms with Gasteiger partial charge in [0.15, 0.2) is 0 Å². The Morgan fingerprint density at radius 1 is 0.974 bits per heavy atom. The average Bonchev–Trinajstić information content (AvgIpc) is 3.27. The van der Waals surface area contributed by atoms with Crippen molar-refractivity contribution in [2.75, 3.05) is 18.4 Å². The van der Waals surface area contributed by atoms with E-state index < -0.39 is 15.6 Å². The topological polar surface area (TPSA) is 104 Å². The summed E-state index contributed by atoms with van der Waals surface area (Å²) in [5, 5.41) is 7.78. The van der Waals surface area contributed by atoms with Crippen LogP contribution in [0, 0.1) is 0 Å². The minimum absolute atomic E-state index is 0.221. The quantitative estimate of drug-likeness (QED) is 0.315. The molecule has 1 aliphatic rings. The molecule has 1 aliphatic heterocycles. The van der Waals surface area contributed by atoms with Crippen molar-refractivity contribution in [2.45, 2.75) is 63.7 Å². The van der Waals surface area contributed by atoms with Crippen LogP contribution in [0.25, 0.3) is 16.7 Å². The van der Waals surface area contributed by atoms with Crippen molar-refractivity contribution < 1.29 is 8.42 Å². The molecule has 1 saturated heterocycles. The number of hydrogen-bond donors (Lipinski definition) is 3. The second-order valence-corrected chi connectivity index (χ2v) is 13.2. The first kappa shape index (κ1) is 27.3. The molecule has 0 aliphatic carbocycles. The molecule has 0 radical (unpaired) electrons. The van der Waals surface area contributed by atoms with Gasteiger partial charge in [0.2, 0.25) is 16.0 Å². The van der Waals surface area contributed by atoms with E-state index in [2.05, 4.69) is 63.4 Å². The number of rotatable bonds is 7. The monoisotopic (exact) mass is 547 g/mol. The largest absolute Gasteiger partial charge is 0.324 e. The molecule has 2 atom stereocenters. The van der Waals surface area contributed by atoms with E-state index >= 15 is 0 Å². The molecule has 0 unspecified atom stereocenters. The maximum Gasteiger partial charge on any atom is 0.241 e. The van der Waals surface area contributed by atoms with Gasteiger partial charge in [-0.3, -0.25) is 4.90 Å². The van der Waals surface area contributed by atoms with Gasteiger partial charge in [-0.15, -0.1) is 0 Å². The molecule has 3 heterocycles. The van der Waals surface area contributed by atoms with E-state index in [0.29, 0.717) is 18.0 Å². The molecule has 39 heavy (non-hydrogen) atoms. The van der Waals surface area contributed by atoms with Crippen LogP contribution in [0.15, 0.2) is 71.9 Å². The zero-order chi connectivity index (χ0) is 27.8. The lowest BCUT2D eigenvalue weighted by molar-refractivity contribution is 0.166. The minimum atomic E-state index is -3.60. The summed E-state index contributed by atoms with van der Waals surface area (Å²) in [6, 6.07) is 18.1. The highest BCUT2D eigenvalue weighted by molar-refractivity contribution is 7.89. The van der Waals surface area contributed by atoms with Gasteiger partial charge in [0.25, 0.3) is 0 Å². The lowest BCUT2D eigenvalue weighted by Gasteiger charge is -2.36. The first-order chi connectivity index (χ1) is 18.4. The molecular formula is C29H37N7O2S. The summed E-state index contributed by atoms with van der Waals surface area (Å²) in [7, 11) is -3.60. The standard InChI is InChI=1S/C29H37N7O2S/c1-20-17-35(18-21(2)31-20)19-22-6-8-24(9-7-22)32-28-30-16-23-14-15-36(27(23)33-28)25-10-12-26(13-11-25)39(37,38)34-29(3,4)5/h6-16,20-21,31,34H,17-19H2,1-5H3,(H,30,32,33)/t20-,21+. The van der Waals surface area contributed by atoms with Crippen LogP contribution in [0.2, 0.25) is 0 Å². The Morgan fingerprint density at radius 3 is 2.28 bits per heavy atom. The van der Waals surface area contributed by atoms with Gasteiger partial charge in [0.05, 0.1) is 4.90 Å². The number of nitrogens with zero attached hydrogens (tertiary/aromatic N) is 4. The van der Waals surface area contributed by atoms with Crippen LogP contribution >= 0.6 is 0 Å². The van der Waals surface area contributed by atoms with E-state index in [9.17, 15) is 8.42 Å². The maximum absolute atomic E-state index is 12.7. The molecule has 206 valence electrons. The minimum Gasteiger partial charge on any atom is -0.324 e. The summed E-state index contributed by atoms with van der Waals surface area (Å²) in [5.41, 5.74) is 3.17. The Balaban J connectivity index is 1.30. The van der Waals surface area contributed by atoms with Crippen molar-refractivity contribution in [1.82, 2.24) is 29.5 Å². The van der Waals surface area contributed by atoms with Crippen LogP contribution in [0.1, 0.15) is 40.2 Å². The lowest BCUT2D eigenvalue weighted by atomic mass is 10.1. The predicted octanol–water partition coefficient (Wildman–Crippen LogP) is 4.42. The van der Waals surface area contributed by atoms with Gasteiger partial charge in [-0.05, 0) is 82.6 Å². The molecule has 5 rings (SSSR count). The van der Waals surface area contributed by atoms with Gasteiger partial charge in [-0.2, -0.15) is 4.98 Å². The fraction of sp³-hybridized carbons (Fsp3) is 0.379. The molecule has 2 aromatic carbocycles. The molecule has 1 fully saturated rings. The highest BCUT2D eigenvalue weighted by Gasteiger charge is 2.22. The summed E-state index contributed by atoms with van der Waals surface area (Å²) in [4.78, 5) is 11.9. The lowest BCUT2D eigenvalue weighted by Crippen LogP contribution is -2.53. The Morgan fingerprint density at radius 2 is 1.64 bits per heavy atom. The molecule has 0 spiro atoms. The Hall–Kier alpha value is -3.31. The molecule has 4 aromatic rings. The number of benzene rings is 2. The first-order valence-corrected chi connectivity index (χ1v) is 14.8. The second kappa shape index (κ2) is 10.7. The van der Waals surface area contributed by atoms with E-state index in [-0.39, 0.29) is 4.90 Å². The molecule has 10 heteroatoms. The third-order valence-electron chi connectivity index (χ3n) is 6.54. The highest BCUT2D eigenvalue weighted by Crippen LogP contribution is 2.23. The van der Waals surface area contributed by atoms with E-state index in [1.165, 1.54) is 5.56 Å². The third kappa shape index (κ3) is 6.65. The molecule has 0 amide bonds. The van der Waals surface area contributed by atoms with Gasteiger partial charge >= 0.3 is 0 Å². The predicted molar refractivity (Wildman–Crippen MR) is 156 cm³/mol. The highest BCUT2D eigenvalue weighted by atomic mass is 32.2. The van der Waals surface area contributed by atoms with Crippen LogP contribution in [-0.2, 0) is 16.6 Å². The second-order valence-electron chi connectivity index (χ2n) is 11.5. The van der Waals surface area contributed by atoms with E-state index in [1.807, 2.05) is 37.6 Å². The van der Waals surface area contributed by atoms with Gasteiger partial charge in [0.1, 0.15) is 5.65 Å². The molecular weight excluding hydrogens is 510 g/mol. The van der Waals surface area contributed by atoms with Crippen LogP contribution in [-0.4, -0.2) is 58.6 Å². The Kier molecular flexibility index (Phi) is 7.47. The van der Waals surface area contributed by atoms with Gasteiger partial charge < -0.3 is 15.2 Å². The van der Waals surface area contributed by atoms with E-state index in [0.717, 1.165) is 42.0 Å². The van der Waals surface area contributed by atoms with Crippen LogP contribution in [0.4, 0.5) is 11.6 Å². The molecule has 9 nitrogen and oxygen atoms in total. The van der Waals surface area contributed by atoms with Crippen molar-refractivity contribution in [3.8, 4) is 5.69 Å². The summed E-state index contributed by atoms with van der Waals surface area (Å²) >= 11 is 0. The number of fused-ring (bicyclic) bond motifs is 1. The number of aromatic nitrogens is 3. The van der Waals surface area contributed by atoms with Crippen LogP contribution in [0.5, 0.6) is 0 Å². The SMILES string of the molecule is C[C@@H]1CN(Cc2ccc(Nc3ncc4ccn(-c5ccc(S(=O)(=O)NC(C)(C)C)cc5)c4n3)cc2)C[C@H](C)N1.